The van der Waals surface area contributed by atoms with Gasteiger partial charge in [0.15, 0.2) is 11.6 Å². The zero-order valence-electron chi connectivity index (χ0n) is 14.7. The summed E-state index contributed by atoms with van der Waals surface area (Å²) in [6.07, 6.45) is 1.21. The Kier molecular flexibility index (Phi) is 5.97. The lowest BCUT2D eigenvalue weighted by Gasteiger charge is -2.30. The number of anilines is 2. The molecule has 1 N–H and O–H groups in total. The van der Waals surface area contributed by atoms with Crippen molar-refractivity contribution in [1.29, 1.82) is 0 Å². The quantitative estimate of drug-likeness (QED) is 0.832. The molecule has 2 aromatic rings. The van der Waals surface area contributed by atoms with Crippen LogP contribution in [-0.2, 0) is 14.8 Å². The summed E-state index contributed by atoms with van der Waals surface area (Å²) in [5.74, 6) is -2.77. The molecule has 1 amide bonds. The van der Waals surface area contributed by atoms with E-state index in [2.05, 4.69) is 5.32 Å². The Labute approximate surface area is 151 Å². The summed E-state index contributed by atoms with van der Waals surface area (Å²) in [5.41, 5.74) is 1.25. The molecule has 0 aromatic heterocycles. The van der Waals surface area contributed by atoms with E-state index in [4.69, 9.17) is 0 Å². The van der Waals surface area contributed by atoms with Crippen LogP contribution in [0.25, 0.3) is 0 Å². The maximum Gasteiger partial charge on any atom is 0.248 e. The van der Waals surface area contributed by atoms with E-state index < -0.39 is 33.6 Å². The topological polar surface area (TPSA) is 66.5 Å². The minimum atomic E-state index is -3.76. The first-order valence-electron chi connectivity index (χ1n) is 7.95. The van der Waals surface area contributed by atoms with Gasteiger partial charge in [-0.05, 0) is 43.2 Å². The predicted octanol–water partition coefficient (Wildman–Crippen LogP) is 3.46. The molecule has 1 atom stereocenters. The number of nitrogens with one attached hydrogen (secondary N) is 1. The third kappa shape index (κ3) is 4.57. The van der Waals surface area contributed by atoms with Crippen LogP contribution in [0.2, 0.25) is 0 Å². The Morgan fingerprint density at radius 2 is 1.85 bits per heavy atom. The van der Waals surface area contributed by atoms with Crippen LogP contribution < -0.4 is 9.62 Å². The summed E-state index contributed by atoms with van der Waals surface area (Å²) in [4.78, 5) is 12.7. The number of aryl methyl sites for hydroxylation is 1. The van der Waals surface area contributed by atoms with Crippen LogP contribution in [0.5, 0.6) is 0 Å². The highest BCUT2D eigenvalue weighted by atomic mass is 32.2. The van der Waals surface area contributed by atoms with Gasteiger partial charge in [-0.25, -0.2) is 17.2 Å². The molecular formula is C18H20F2N2O3S. The third-order valence-corrected chi connectivity index (χ3v) is 4.95. The molecule has 2 aromatic carbocycles. The Hall–Kier alpha value is -2.48. The first-order chi connectivity index (χ1) is 12.1. The molecule has 0 bridgehead atoms. The van der Waals surface area contributed by atoms with Gasteiger partial charge < -0.3 is 5.32 Å². The fourth-order valence-corrected chi connectivity index (χ4v) is 3.83. The molecule has 2 rings (SSSR count). The highest BCUT2D eigenvalue weighted by Gasteiger charge is 2.31. The van der Waals surface area contributed by atoms with E-state index in [-0.39, 0.29) is 12.1 Å². The second-order valence-electron chi connectivity index (χ2n) is 5.94. The van der Waals surface area contributed by atoms with Crippen molar-refractivity contribution < 1.29 is 22.0 Å². The van der Waals surface area contributed by atoms with Crippen molar-refractivity contribution in [2.75, 3.05) is 15.9 Å². The van der Waals surface area contributed by atoms with Crippen LogP contribution in [-0.4, -0.2) is 26.6 Å². The molecule has 0 heterocycles. The average Bonchev–Trinajstić information content (AvgIpc) is 2.54. The molecule has 8 heteroatoms. The first-order valence-corrected chi connectivity index (χ1v) is 9.80. The molecule has 0 spiro atoms. The standard InChI is InChI=1S/C18H20F2N2O3S/c1-4-17(18(23)21-13-8-9-15(19)16(20)11-13)22(26(3,24)25)14-7-5-6-12(2)10-14/h5-11,17H,4H2,1-3H3,(H,21,23)/t17-/m1/s1. The van der Waals surface area contributed by atoms with Gasteiger partial charge >= 0.3 is 0 Å². The highest BCUT2D eigenvalue weighted by Crippen LogP contribution is 2.24. The number of halogens is 2. The summed E-state index contributed by atoms with van der Waals surface area (Å²) in [6, 6.07) is 8.67. The number of rotatable bonds is 6. The lowest BCUT2D eigenvalue weighted by molar-refractivity contribution is -0.117. The number of nitrogens with zero attached hydrogens (tertiary/aromatic N) is 1. The van der Waals surface area contributed by atoms with E-state index >= 15 is 0 Å². The largest absolute Gasteiger partial charge is 0.324 e. The van der Waals surface area contributed by atoms with Gasteiger partial charge in [0.2, 0.25) is 15.9 Å². The van der Waals surface area contributed by atoms with Crippen molar-refractivity contribution in [3.8, 4) is 0 Å². The van der Waals surface area contributed by atoms with E-state index in [1.54, 1.807) is 25.1 Å². The first kappa shape index (κ1) is 19.8. The van der Waals surface area contributed by atoms with E-state index in [0.29, 0.717) is 5.69 Å². The van der Waals surface area contributed by atoms with Crippen molar-refractivity contribution in [3.05, 3.63) is 59.7 Å². The van der Waals surface area contributed by atoms with E-state index in [0.717, 1.165) is 28.3 Å². The van der Waals surface area contributed by atoms with Crippen molar-refractivity contribution >= 4 is 27.3 Å². The van der Waals surface area contributed by atoms with E-state index in [9.17, 15) is 22.0 Å². The fourth-order valence-electron chi connectivity index (χ4n) is 2.62. The molecule has 0 aliphatic carbocycles. The predicted molar refractivity (Wildman–Crippen MR) is 97.6 cm³/mol. The maximum absolute atomic E-state index is 13.3. The van der Waals surface area contributed by atoms with Gasteiger partial charge in [0, 0.05) is 11.8 Å². The summed E-state index contributed by atoms with van der Waals surface area (Å²) in [5, 5.41) is 2.45. The molecule has 26 heavy (non-hydrogen) atoms. The Bertz CT molecular complexity index is 916. The minimum Gasteiger partial charge on any atom is -0.324 e. The number of benzene rings is 2. The van der Waals surface area contributed by atoms with Crippen LogP contribution in [0, 0.1) is 18.6 Å². The normalized spacial score (nSPS) is 12.5. The summed E-state index contributed by atoms with van der Waals surface area (Å²) in [7, 11) is -3.76. The van der Waals surface area contributed by atoms with Gasteiger partial charge in [0.1, 0.15) is 6.04 Å². The Morgan fingerprint density at radius 1 is 1.15 bits per heavy atom. The molecule has 0 aliphatic heterocycles. The zero-order valence-corrected chi connectivity index (χ0v) is 15.5. The number of hydrogen-bond acceptors (Lipinski definition) is 3. The van der Waals surface area contributed by atoms with Gasteiger partial charge in [0.05, 0.1) is 11.9 Å². The summed E-state index contributed by atoms with van der Waals surface area (Å²) < 4.78 is 52.1. The third-order valence-electron chi connectivity index (χ3n) is 3.77. The Morgan fingerprint density at radius 3 is 2.38 bits per heavy atom. The van der Waals surface area contributed by atoms with Gasteiger partial charge in [-0.2, -0.15) is 0 Å². The molecular weight excluding hydrogens is 362 g/mol. The number of sulfonamides is 1. The molecule has 0 fully saturated rings. The van der Waals surface area contributed by atoms with Crippen LogP contribution in [0.1, 0.15) is 18.9 Å². The number of carbonyl (C=O) groups is 1. The molecule has 140 valence electrons. The number of carbonyl (C=O) groups excluding carboxylic acids is 1. The minimum absolute atomic E-state index is 0.0463. The monoisotopic (exact) mass is 382 g/mol. The van der Waals surface area contributed by atoms with Gasteiger partial charge in [-0.1, -0.05) is 19.1 Å². The van der Waals surface area contributed by atoms with Crippen molar-refractivity contribution in [2.24, 2.45) is 0 Å². The van der Waals surface area contributed by atoms with E-state index in [1.807, 2.05) is 13.0 Å². The zero-order chi connectivity index (χ0) is 19.5. The molecule has 0 saturated carbocycles. The molecule has 5 nitrogen and oxygen atoms in total. The lowest BCUT2D eigenvalue weighted by Crippen LogP contribution is -2.47. The van der Waals surface area contributed by atoms with Crippen LogP contribution >= 0.6 is 0 Å². The summed E-state index contributed by atoms with van der Waals surface area (Å²) >= 11 is 0. The second-order valence-corrected chi connectivity index (χ2v) is 7.80. The molecule has 0 saturated heterocycles. The van der Waals surface area contributed by atoms with Crippen LogP contribution in [0.4, 0.5) is 20.2 Å². The van der Waals surface area contributed by atoms with Crippen LogP contribution in [0.15, 0.2) is 42.5 Å². The Balaban J connectivity index is 2.38. The smallest absolute Gasteiger partial charge is 0.248 e. The fraction of sp³-hybridized carbons (Fsp3) is 0.278. The second kappa shape index (κ2) is 7.82. The summed E-state index contributed by atoms with van der Waals surface area (Å²) in [6.45, 7) is 3.48. The van der Waals surface area contributed by atoms with Gasteiger partial charge in [-0.15, -0.1) is 0 Å². The van der Waals surface area contributed by atoms with Gasteiger partial charge in [-0.3, -0.25) is 9.10 Å². The number of hydrogen-bond donors (Lipinski definition) is 1. The van der Waals surface area contributed by atoms with Gasteiger partial charge in [0.25, 0.3) is 0 Å². The highest BCUT2D eigenvalue weighted by molar-refractivity contribution is 7.92. The van der Waals surface area contributed by atoms with Crippen molar-refractivity contribution in [1.82, 2.24) is 0 Å². The lowest BCUT2D eigenvalue weighted by atomic mass is 10.1. The molecule has 0 radical (unpaired) electrons. The van der Waals surface area contributed by atoms with E-state index in [1.165, 1.54) is 6.07 Å². The average molecular weight is 382 g/mol. The molecule has 0 unspecified atom stereocenters. The van der Waals surface area contributed by atoms with Crippen molar-refractivity contribution in [3.63, 3.8) is 0 Å². The SMILES string of the molecule is CC[C@H](C(=O)Nc1ccc(F)c(F)c1)N(c1cccc(C)c1)S(C)(=O)=O. The number of amides is 1. The maximum atomic E-state index is 13.3. The van der Waals surface area contributed by atoms with Crippen LogP contribution in [0.3, 0.4) is 0 Å². The van der Waals surface area contributed by atoms with Crippen molar-refractivity contribution in [2.45, 2.75) is 26.3 Å². The molecule has 0 aliphatic rings.